The molecule has 1 N–H and O–H groups in total. The Labute approximate surface area is 122 Å². The fourth-order valence-corrected chi connectivity index (χ4v) is 2.05. The summed E-state index contributed by atoms with van der Waals surface area (Å²) in [5.41, 5.74) is 1.42. The van der Waals surface area contributed by atoms with Gasteiger partial charge in [0.1, 0.15) is 0 Å². The fraction of sp³-hybridized carbons (Fsp3) is 0.286. The molecular formula is C14H16N4OS. The summed E-state index contributed by atoms with van der Waals surface area (Å²) in [6.45, 7) is 1.95. The third kappa shape index (κ3) is 4.03. The van der Waals surface area contributed by atoms with E-state index in [1.54, 1.807) is 18.6 Å². The number of carbonyl (C=O) groups excluding carboxylic acids is 1. The van der Waals surface area contributed by atoms with Crippen molar-refractivity contribution < 1.29 is 4.79 Å². The lowest BCUT2D eigenvalue weighted by molar-refractivity contribution is 0.0939. The van der Waals surface area contributed by atoms with Crippen LogP contribution in [-0.4, -0.2) is 33.2 Å². The van der Waals surface area contributed by atoms with E-state index in [4.69, 9.17) is 0 Å². The molecular weight excluding hydrogens is 272 g/mol. The Hall–Kier alpha value is -1.95. The van der Waals surface area contributed by atoms with Crippen molar-refractivity contribution in [2.75, 3.05) is 6.26 Å². The van der Waals surface area contributed by atoms with Crippen molar-refractivity contribution in [3.05, 3.63) is 48.0 Å². The fourth-order valence-electron chi connectivity index (χ4n) is 1.73. The Kier molecular flexibility index (Phi) is 5.06. The van der Waals surface area contributed by atoms with Crippen LogP contribution in [0.2, 0.25) is 0 Å². The maximum atomic E-state index is 12.0. The summed E-state index contributed by atoms with van der Waals surface area (Å²) in [6.07, 6.45) is 7.42. The molecule has 20 heavy (non-hydrogen) atoms. The molecule has 0 radical (unpaired) electrons. The minimum absolute atomic E-state index is 0.00220. The number of nitrogens with one attached hydrogen (secondary N) is 1. The van der Waals surface area contributed by atoms with Crippen LogP contribution in [0.4, 0.5) is 0 Å². The van der Waals surface area contributed by atoms with Crippen LogP contribution in [0.5, 0.6) is 0 Å². The van der Waals surface area contributed by atoms with E-state index in [0.29, 0.717) is 17.1 Å². The predicted molar refractivity (Wildman–Crippen MR) is 78.7 cm³/mol. The first-order chi connectivity index (χ1) is 9.69. The molecule has 0 saturated heterocycles. The number of hydrogen-bond acceptors (Lipinski definition) is 5. The first-order valence-electron chi connectivity index (χ1n) is 6.26. The molecule has 104 valence electrons. The molecule has 2 rings (SSSR count). The topological polar surface area (TPSA) is 67.8 Å². The second-order valence-electron chi connectivity index (χ2n) is 4.36. The highest BCUT2D eigenvalue weighted by Crippen LogP contribution is 2.07. The van der Waals surface area contributed by atoms with E-state index in [2.05, 4.69) is 20.3 Å². The highest BCUT2D eigenvalue weighted by Gasteiger charge is 2.11. The van der Waals surface area contributed by atoms with Gasteiger partial charge in [0, 0.05) is 36.7 Å². The Bertz CT molecular complexity index is 559. The zero-order valence-electron chi connectivity index (χ0n) is 11.4. The van der Waals surface area contributed by atoms with Crippen LogP contribution in [0.3, 0.4) is 0 Å². The van der Waals surface area contributed by atoms with E-state index in [1.165, 1.54) is 11.8 Å². The maximum Gasteiger partial charge on any atom is 0.254 e. The van der Waals surface area contributed by atoms with Gasteiger partial charge in [0.05, 0.1) is 5.56 Å². The van der Waals surface area contributed by atoms with Crippen LogP contribution in [0.15, 0.2) is 41.9 Å². The van der Waals surface area contributed by atoms with Crippen molar-refractivity contribution in [3.8, 4) is 0 Å². The minimum Gasteiger partial charge on any atom is -0.349 e. The number of carbonyl (C=O) groups is 1. The standard InChI is InChI=1S/C14H16N4OS/c1-10(7-12-5-3-4-6-15-12)18-13(19)11-8-16-14(20-2)17-9-11/h3-6,8-10H,7H2,1-2H3,(H,18,19)/t10-/m0/s1. The molecule has 0 aliphatic rings. The summed E-state index contributed by atoms with van der Waals surface area (Å²) in [5.74, 6) is -0.166. The Morgan fingerprint density at radius 1 is 1.30 bits per heavy atom. The molecule has 0 bridgehead atoms. The molecule has 0 fully saturated rings. The van der Waals surface area contributed by atoms with Gasteiger partial charge in [0.15, 0.2) is 5.16 Å². The Balaban J connectivity index is 1.93. The molecule has 6 heteroatoms. The van der Waals surface area contributed by atoms with Gasteiger partial charge in [-0.25, -0.2) is 9.97 Å². The normalized spacial score (nSPS) is 11.9. The van der Waals surface area contributed by atoms with Gasteiger partial charge in [-0.05, 0) is 25.3 Å². The van der Waals surface area contributed by atoms with E-state index in [0.717, 1.165) is 5.69 Å². The van der Waals surface area contributed by atoms with Crippen LogP contribution in [0.1, 0.15) is 23.0 Å². The number of nitrogens with zero attached hydrogens (tertiary/aromatic N) is 3. The lowest BCUT2D eigenvalue weighted by Gasteiger charge is -2.13. The van der Waals surface area contributed by atoms with Crippen molar-refractivity contribution in [1.29, 1.82) is 0 Å². The number of rotatable bonds is 5. The predicted octanol–water partition coefficient (Wildman–Crippen LogP) is 1.95. The van der Waals surface area contributed by atoms with E-state index in [9.17, 15) is 4.79 Å². The van der Waals surface area contributed by atoms with Crippen molar-refractivity contribution in [1.82, 2.24) is 20.3 Å². The van der Waals surface area contributed by atoms with Crippen LogP contribution in [0, 0.1) is 0 Å². The zero-order valence-corrected chi connectivity index (χ0v) is 12.2. The van der Waals surface area contributed by atoms with Crippen LogP contribution in [-0.2, 0) is 6.42 Å². The lowest BCUT2D eigenvalue weighted by atomic mass is 10.1. The molecule has 2 aromatic heterocycles. The number of aromatic nitrogens is 3. The van der Waals surface area contributed by atoms with Crippen LogP contribution in [0.25, 0.3) is 0 Å². The summed E-state index contributed by atoms with van der Waals surface area (Å²) < 4.78 is 0. The second-order valence-corrected chi connectivity index (χ2v) is 5.13. The van der Waals surface area contributed by atoms with Crippen molar-refractivity contribution in [2.24, 2.45) is 0 Å². The highest BCUT2D eigenvalue weighted by atomic mass is 32.2. The van der Waals surface area contributed by atoms with Gasteiger partial charge in [-0.3, -0.25) is 9.78 Å². The van der Waals surface area contributed by atoms with Gasteiger partial charge in [0.2, 0.25) is 0 Å². The monoisotopic (exact) mass is 288 g/mol. The summed E-state index contributed by atoms with van der Waals surface area (Å²) in [7, 11) is 0. The van der Waals surface area contributed by atoms with Gasteiger partial charge in [-0.15, -0.1) is 0 Å². The molecule has 0 aliphatic heterocycles. The molecule has 2 aromatic rings. The van der Waals surface area contributed by atoms with Gasteiger partial charge < -0.3 is 5.32 Å². The van der Waals surface area contributed by atoms with Crippen molar-refractivity contribution in [2.45, 2.75) is 24.5 Å². The number of hydrogen-bond donors (Lipinski definition) is 1. The molecule has 2 heterocycles. The molecule has 0 saturated carbocycles. The largest absolute Gasteiger partial charge is 0.349 e. The van der Waals surface area contributed by atoms with Gasteiger partial charge in [-0.2, -0.15) is 0 Å². The maximum absolute atomic E-state index is 12.0. The summed E-state index contributed by atoms with van der Waals surface area (Å²) in [6, 6.07) is 5.75. The van der Waals surface area contributed by atoms with Crippen LogP contribution >= 0.6 is 11.8 Å². The van der Waals surface area contributed by atoms with Gasteiger partial charge in [-0.1, -0.05) is 17.8 Å². The van der Waals surface area contributed by atoms with E-state index < -0.39 is 0 Å². The molecule has 0 aromatic carbocycles. The Morgan fingerprint density at radius 3 is 2.65 bits per heavy atom. The number of thioether (sulfide) groups is 1. The molecule has 1 amide bonds. The average Bonchev–Trinajstić information content (AvgIpc) is 2.48. The van der Waals surface area contributed by atoms with E-state index in [1.807, 2.05) is 31.4 Å². The summed E-state index contributed by atoms with van der Waals surface area (Å²) in [5, 5.41) is 3.57. The van der Waals surface area contributed by atoms with E-state index >= 15 is 0 Å². The smallest absolute Gasteiger partial charge is 0.254 e. The molecule has 0 unspecified atom stereocenters. The molecule has 0 spiro atoms. The molecule has 0 aliphatic carbocycles. The van der Waals surface area contributed by atoms with Gasteiger partial charge >= 0.3 is 0 Å². The quantitative estimate of drug-likeness (QED) is 0.673. The highest BCUT2D eigenvalue weighted by molar-refractivity contribution is 7.98. The summed E-state index contributed by atoms with van der Waals surface area (Å²) in [4.78, 5) is 24.4. The average molecular weight is 288 g/mol. The number of amides is 1. The molecule has 5 nitrogen and oxygen atoms in total. The first kappa shape index (κ1) is 14.5. The third-order valence-electron chi connectivity index (χ3n) is 2.69. The SMILES string of the molecule is CSc1ncc(C(=O)N[C@@H](C)Cc2ccccn2)cn1. The first-order valence-corrected chi connectivity index (χ1v) is 7.48. The third-order valence-corrected chi connectivity index (χ3v) is 3.27. The van der Waals surface area contributed by atoms with Gasteiger partial charge in [0.25, 0.3) is 5.91 Å². The summed E-state index contributed by atoms with van der Waals surface area (Å²) >= 11 is 1.44. The van der Waals surface area contributed by atoms with E-state index in [-0.39, 0.29) is 11.9 Å². The number of pyridine rings is 1. The van der Waals surface area contributed by atoms with Crippen LogP contribution < -0.4 is 5.32 Å². The minimum atomic E-state index is -0.166. The van der Waals surface area contributed by atoms with Crippen molar-refractivity contribution >= 4 is 17.7 Å². The lowest BCUT2D eigenvalue weighted by Crippen LogP contribution is -2.34. The Morgan fingerprint density at radius 2 is 2.05 bits per heavy atom. The molecule has 1 atom stereocenters. The van der Waals surface area contributed by atoms with Crippen molar-refractivity contribution in [3.63, 3.8) is 0 Å². The second kappa shape index (κ2) is 7.00. The zero-order chi connectivity index (χ0) is 14.4.